The van der Waals surface area contributed by atoms with Crippen molar-refractivity contribution in [2.75, 3.05) is 18.2 Å². The molecular weight excluding hydrogens is 308 g/mol. The van der Waals surface area contributed by atoms with Crippen LogP contribution in [0.25, 0.3) is 0 Å². The van der Waals surface area contributed by atoms with E-state index in [0.29, 0.717) is 27.2 Å². The summed E-state index contributed by atoms with van der Waals surface area (Å²) in [4.78, 5) is 12.2. The van der Waals surface area contributed by atoms with Crippen molar-refractivity contribution >= 4 is 33.2 Å². The molecule has 0 atom stereocenters. The van der Waals surface area contributed by atoms with Gasteiger partial charge in [-0.3, -0.25) is 4.79 Å². The van der Waals surface area contributed by atoms with E-state index < -0.39 is 0 Å². The van der Waals surface area contributed by atoms with Crippen LogP contribution in [-0.4, -0.2) is 13.0 Å². The van der Waals surface area contributed by atoms with Crippen LogP contribution in [0.2, 0.25) is 0 Å². The summed E-state index contributed by atoms with van der Waals surface area (Å²) in [5.41, 5.74) is 7.32. The number of carbonyl (C=O) groups excluding carboxylic acids is 1. The molecule has 1 amide bonds. The van der Waals surface area contributed by atoms with Crippen molar-refractivity contribution < 1.29 is 9.53 Å². The summed E-state index contributed by atoms with van der Waals surface area (Å²) < 4.78 is 5.87. The molecule has 0 fully saturated rings. The fraction of sp³-hybridized carbons (Fsp3) is 0.0714. The number of nitrogens with one attached hydrogen (secondary N) is 1. The number of rotatable bonds is 3. The highest BCUT2D eigenvalue weighted by Gasteiger charge is 2.12. The van der Waals surface area contributed by atoms with E-state index in [-0.39, 0.29) is 5.91 Å². The summed E-state index contributed by atoms with van der Waals surface area (Å²) >= 11 is 3.33. The Bertz CT molecular complexity index is 614. The van der Waals surface area contributed by atoms with Gasteiger partial charge in [0.2, 0.25) is 0 Å². The van der Waals surface area contributed by atoms with Crippen LogP contribution >= 0.6 is 15.9 Å². The monoisotopic (exact) mass is 320 g/mol. The topological polar surface area (TPSA) is 64.3 Å². The molecule has 3 N–H and O–H groups in total. The average Bonchev–Trinajstić information content (AvgIpc) is 2.42. The zero-order valence-electron chi connectivity index (χ0n) is 10.3. The normalized spacial score (nSPS) is 10.0. The molecule has 0 bridgehead atoms. The van der Waals surface area contributed by atoms with Crippen molar-refractivity contribution in [1.29, 1.82) is 0 Å². The zero-order chi connectivity index (χ0) is 13.8. The van der Waals surface area contributed by atoms with Crippen LogP contribution in [-0.2, 0) is 0 Å². The number of hydrogen-bond acceptors (Lipinski definition) is 3. The number of benzene rings is 2. The first-order valence-electron chi connectivity index (χ1n) is 5.61. The third kappa shape index (κ3) is 3.06. The number of nitrogen functional groups attached to an aromatic ring is 1. The zero-order valence-corrected chi connectivity index (χ0v) is 11.9. The SMILES string of the molecule is COc1ccccc1NC(=O)c1cc(N)ccc1Br. The third-order valence-corrected chi connectivity index (χ3v) is 3.28. The van der Waals surface area contributed by atoms with E-state index in [0.717, 1.165) is 0 Å². The van der Waals surface area contributed by atoms with Crippen molar-refractivity contribution in [2.45, 2.75) is 0 Å². The molecule has 0 saturated carbocycles. The molecule has 98 valence electrons. The number of anilines is 2. The number of halogens is 1. The first kappa shape index (κ1) is 13.4. The molecule has 2 aromatic rings. The maximum absolute atomic E-state index is 12.2. The Morgan fingerprint density at radius 3 is 2.74 bits per heavy atom. The summed E-state index contributed by atoms with van der Waals surface area (Å²) in [7, 11) is 1.56. The summed E-state index contributed by atoms with van der Waals surface area (Å²) in [5, 5.41) is 2.80. The lowest BCUT2D eigenvalue weighted by atomic mass is 10.2. The van der Waals surface area contributed by atoms with Crippen LogP contribution < -0.4 is 15.8 Å². The Hall–Kier alpha value is -2.01. The number of para-hydroxylation sites is 2. The first-order valence-corrected chi connectivity index (χ1v) is 6.40. The van der Waals surface area contributed by atoms with Crippen LogP contribution in [0, 0.1) is 0 Å². The van der Waals surface area contributed by atoms with Gasteiger partial charge in [0, 0.05) is 10.2 Å². The van der Waals surface area contributed by atoms with Gasteiger partial charge in [-0.2, -0.15) is 0 Å². The van der Waals surface area contributed by atoms with Crippen molar-refractivity contribution in [3.63, 3.8) is 0 Å². The standard InChI is InChI=1S/C14H13BrN2O2/c1-19-13-5-3-2-4-12(13)17-14(18)10-8-9(16)6-7-11(10)15/h2-8H,16H2,1H3,(H,17,18). The average molecular weight is 321 g/mol. The predicted molar refractivity (Wildman–Crippen MR) is 79.5 cm³/mol. The van der Waals surface area contributed by atoms with E-state index in [1.807, 2.05) is 12.1 Å². The molecule has 0 unspecified atom stereocenters. The lowest BCUT2D eigenvalue weighted by Gasteiger charge is -2.11. The summed E-state index contributed by atoms with van der Waals surface area (Å²) in [6.45, 7) is 0. The van der Waals surface area contributed by atoms with Crippen molar-refractivity contribution in [2.24, 2.45) is 0 Å². The Kier molecular flexibility index (Phi) is 4.06. The fourth-order valence-electron chi connectivity index (χ4n) is 1.65. The lowest BCUT2D eigenvalue weighted by Crippen LogP contribution is -2.13. The van der Waals surface area contributed by atoms with Gasteiger partial charge in [0.1, 0.15) is 5.75 Å². The van der Waals surface area contributed by atoms with Gasteiger partial charge in [-0.25, -0.2) is 0 Å². The summed E-state index contributed by atoms with van der Waals surface area (Å²) in [6, 6.07) is 12.3. The number of amides is 1. The highest BCUT2D eigenvalue weighted by molar-refractivity contribution is 9.10. The third-order valence-electron chi connectivity index (χ3n) is 2.59. The highest BCUT2D eigenvalue weighted by atomic mass is 79.9. The van der Waals surface area contributed by atoms with Crippen molar-refractivity contribution in [1.82, 2.24) is 0 Å². The molecule has 0 aromatic heterocycles. The molecule has 0 aliphatic heterocycles. The van der Waals surface area contributed by atoms with Crippen LogP contribution in [0.15, 0.2) is 46.9 Å². The summed E-state index contributed by atoms with van der Waals surface area (Å²) in [6.07, 6.45) is 0. The summed E-state index contributed by atoms with van der Waals surface area (Å²) in [5.74, 6) is 0.361. The predicted octanol–water partition coefficient (Wildman–Crippen LogP) is 3.29. The second-order valence-corrected chi connectivity index (χ2v) is 4.75. The first-order chi connectivity index (χ1) is 9.11. The van der Waals surface area contributed by atoms with Gasteiger partial charge in [-0.05, 0) is 46.3 Å². The maximum atomic E-state index is 12.2. The van der Waals surface area contributed by atoms with E-state index in [1.165, 1.54) is 0 Å². The van der Waals surface area contributed by atoms with Gasteiger partial charge >= 0.3 is 0 Å². The Balaban J connectivity index is 2.28. The fourth-order valence-corrected chi connectivity index (χ4v) is 2.08. The Morgan fingerprint density at radius 2 is 2.00 bits per heavy atom. The van der Waals surface area contributed by atoms with Gasteiger partial charge in [-0.1, -0.05) is 12.1 Å². The van der Waals surface area contributed by atoms with Crippen LogP contribution in [0.5, 0.6) is 5.75 Å². The molecule has 0 spiro atoms. The van der Waals surface area contributed by atoms with Crippen molar-refractivity contribution in [3.8, 4) is 5.75 Å². The number of nitrogens with two attached hydrogens (primary N) is 1. The molecule has 4 nitrogen and oxygen atoms in total. The number of methoxy groups -OCH3 is 1. The Labute approximate surface area is 119 Å². The molecule has 5 heteroatoms. The molecule has 19 heavy (non-hydrogen) atoms. The number of hydrogen-bond donors (Lipinski definition) is 2. The quantitative estimate of drug-likeness (QED) is 0.853. The van der Waals surface area contributed by atoms with Crippen molar-refractivity contribution in [3.05, 3.63) is 52.5 Å². The minimum absolute atomic E-state index is 0.247. The van der Waals surface area contributed by atoms with Gasteiger partial charge in [0.05, 0.1) is 18.4 Å². The van der Waals surface area contributed by atoms with Crippen LogP contribution in [0.4, 0.5) is 11.4 Å². The minimum Gasteiger partial charge on any atom is -0.495 e. The largest absolute Gasteiger partial charge is 0.495 e. The lowest BCUT2D eigenvalue weighted by molar-refractivity contribution is 0.102. The molecule has 0 heterocycles. The molecule has 0 saturated heterocycles. The molecule has 0 radical (unpaired) electrons. The second-order valence-electron chi connectivity index (χ2n) is 3.89. The number of carbonyl (C=O) groups is 1. The van der Waals surface area contributed by atoms with Gasteiger partial charge in [-0.15, -0.1) is 0 Å². The Morgan fingerprint density at radius 1 is 1.26 bits per heavy atom. The van der Waals surface area contributed by atoms with Gasteiger partial charge in [0.15, 0.2) is 0 Å². The van der Waals surface area contributed by atoms with Gasteiger partial charge in [0.25, 0.3) is 5.91 Å². The van der Waals surface area contributed by atoms with E-state index in [9.17, 15) is 4.79 Å². The van der Waals surface area contributed by atoms with Gasteiger partial charge < -0.3 is 15.8 Å². The van der Waals surface area contributed by atoms with E-state index in [1.54, 1.807) is 37.4 Å². The van der Waals surface area contributed by atoms with E-state index in [4.69, 9.17) is 10.5 Å². The molecule has 2 aromatic carbocycles. The molecule has 0 aliphatic carbocycles. The van der Waals surface area contributed by atoms with Crippen LogP contribution in [0.3, 0.4) is 0 Å². The van der Waals surface area contributed by atoms with Crippen LogP contribution in [0.1, 0.15) is 10.4 Å². The van der Waals surface area contributed by atoms with E-state index >= 15 is 0 Å². The number of ether oxygens (including phenoxy) is 1. The van der Waals surface area contributed by atoms with E-state index in [2.05, 4.69) is 21.2 Å². The second kappa shape index (κ2) is 5.75. The molecular formula is C14H13BrN2O2. The smallest absolute Gasteiger partial charge is 0.256 e. The minimum atomic E-state index is -0.247. The maximum Gasteiger partial charge on any atom is 0.256 e. The highest BCUT2D eigenvalue weighted by Crippen LogP contribution is 2.25. The molecule has 0 aliphatic rings. The molecule has 2 rings (SSSR count).